The molecule has 110 valence electrons. The van der Waals surface area contributed by atoms with Crippen LogP contribution >= 0.6 is 0 Å². The molecule has 0 aliphatic rings. The summed E-state index contributed by atoms with van der Waals surface area (Å²) in [6.45, 7) is 1.03. The van der Waals surface area contributed by atoms with Crippen LogP contribution in [0, 0.1) is 18.6 Å². The van der Waals surface area contributed by atoms with Gasteiger partial charge in [0.15, 0.2) is 6.61 Å². The molecule has 0 atom stereocenters. The van der Waals surface area contributed by atoms with E-state index in [2.05, 4.69) is 5.32 Å². The zero-order valence-electron chi connectivity index (χ0n) is 11.0. The summed E-state index contributed by atoms with van der Waals surface area (Å²) in [7, 11) is 0. The first-order chi connectivity index (χ1) is 9.97. The molecule has 2 aromatic rings. The van der Waals surface area contributed by atoms with Crippen LogP contribution in [0.3, 0.4) is 0 Å². The van der Waals surface area contributed by atoms with E-state index in [4.69, 9.17) is 9.15 Å². The minimum atomic E-state index is -0.920. The van der Waals surface area contributed by atoms with E-state index in [-0.39, 0.29) is 11.4 Å². The van der Waals surface area contributed by atoms with Gasteiger partial charge < -0.3 is 14.5 Å². The van der Waals surface area contributed by atoms with Crippen LogP contribution in [0.5, 0.6) is 0 Å². The van der Waals surface area contributed by atoms with E-state index in [1.54, 1.807) is 13.0 Å². The Morgan fingerprint density at radius 1 is 1.29 bits per heavy atom. The summed E-state index contributed by atoms with van der Waals surface area (Å²) >= 11 is 0. The first-order valence-corrected chi connectivity index (χ1v) is 5.93. The number of carbonyl (C=O) groups excluding carboxylic acids is 2. The van der Waals surface area contributed by atoms with E-state index < -0.39 is 30.1 Å². The number of nitrogens with one attached hydrogen (secondary N) is 1. The van der Waals surface area contributed by atoms with Gasteiger partial charge in [-0.15, -0.1) is 0 Å². The number of carbonyl (C=O) groups is 2. The SMILES string of the molecule is Cc1ccoc1C(=O)OCC(=O)Nc1ccc(F)cc1F. The van der Waals surface area contributed by atoms with Gasteiger partial charge in [-0.05, 0) is 25.1 Å². The Morgan fingerprint density at radius 2 is 2.05 bits per heavy atom. The van der Waals surface area contributed by atoms with Gasteiger partial charge in [0.25, 0.3) is 5.91 Å². The molecule has 0 aliphatic heterocycles. The number of ether oxygens (including phenoxy) is 1. The van der Waals surface area contributed by atoms with Gasteiger partial charge in [-0.2, -0.15) is 0 Å². The molecule has 1 amide bonds. The Balaban J connectivity index is 1.90. The van der Waals surface area contributed by atoms with Crippen molar-refractivity contribution in [3.8, 4) is 0 Å². The number of anilines is 1. The number of benzene rings is 1. The summed E-state index contributed by atoms with van der Waals surface area (Å²) in [5.74, 6) is -3.23. The monoisotopic (exact) mass is 295 g/mol. The molecule has 1 N–H and O–H groups in total. The fourth-order valence-electron chi connectivity index (χ4n) is 1.56. The van der Waals surface area contributed by atoms with Crippen molar-refractivity contribution >= 4 is 17.6 Å². The highest BCUT2D eigenvalue weighted by atomic mass is 19.1. The van der Waals surface area contributed by atoms with E-state index >= 15 is 0 Å². The van der Waals surface area contributed by atoms with Gasteiger partial charge in [0, 0.05) is 11.6 Å². The molecule has 0 spiro atoms. The zero-order valence-corrected chi connectivity index (χ0v) is 11.0. The van der Waals surface area contributed by atoms with Crippen molar-refractivity contribution < 1.29 is 27.5 Å². The van der Waals surface area contributed by atoms with Gasteiger partial charge in [-0.3, -0.25) is 4.79 Å². The largest absolute Gasteiger partial charge is 0.457 e. The van der Waals surface area contributed by atoms with Gasteiger partial charge in [0.1, 0.15) is 11.6 Å². The quantitative estimate of drug-likeness (QED) is 0.880. The average Bonchev–Trinajstić information content (AvgIpc) is 2.85. The number of halogens is 2. The Hall–Kier alpha value is -2.70. The van der Waals surface area contributed by atoms with Crippen molar-refractivity contribution in [1.82, 2.24) is 0 Å². The molecule has 0 bridgehead atoms. The predicted molar refractivity (Wildman–Crippen MR) is 68.7 cm³/mol. The van der Waals surface area contributed by atoms with Gasteiger partial charge >= 0.3 is 5.97 Å². The maximum absolute atomic E-state index is 13.3. The Kier molecular flexibility index (Phi) is 4.32. The second-order valence-corrected chi connectivity index (χ2v) is 4.18. The third kappa shape index (κ3) is 3.65. The summed E-state index contributed by atoms with van der Waals surface area (Å²) in [5, 5.41) is 2.16. The van der Waals surface area contributed by atoms with E-state index in [1.807, 2.05) is 0 Å². The number of rotatable bonds is 4. The summed E-state index contributed by atoms with van der Waals surface area (Å²) in [4.78, 5) is 23.1. The molecular formula is C14H11F2NO4. The van der Waals surface area contributed by atoms with Gasteiger partial charge in [-0.25, -0.2) is 13.6 Å². The molecule has 1 heterocycles. The van der Waals surface area contributed by atoms with Crippen LogP contribution in [0.15, 0.2) is 34.9 Å². The maximum Gasteiger partial charge on any atom is 0.375 e. The van der Waals surface area contributed by atoms with Crippen LogP contribution in [0.4, 0.5) is 14.5 Å². The highest BCUT2D eigenvalue weighted by molar-refractivity contribution is 5.95. The molecule has 0 saturated carbocycles. The van der Waals surface area contributed by atoms with Crippen molar-refractivity contribution in [2.24, 2.45) is 0 Å². The fraction of sp³-hybridized carbons (Fsp3) is 0.143. The van der Waals surface area contributed by atoms with Crippen molar-refractivity contribution in [3.05, 3.63) is 53.5 Å². The highest BCUT2D eigenvalue weighted by Gasteiger charge is 2.16. The molecule has 1 aromatic carbocycles. The topological polar surface area (TPSA) is 68.5 Å². The van der Waals surface area contributed by atoms with Crippen LogP contribution in [0.1, 0.15) is 16.1 Å². The van der Waals surface area contributed by atoms with Gasteiger partial charge in [-0.1, -0.05) is 0 Å². The lowest BCUT2D eigenvalue weighted by atomic mass is 10.3. The van der Waals surface area contributed by atoms with Crippen molar-refractivity contribution in [2.45, 2.75) is 6.92 Å². The summed E-state index contributed by atoms with van der Waals surface area (Å²) in [5.41, 5.74) is 0.372. The first kappa shape index (κ1) is 14.7. The number of amides is 1. The zero-order chi connectivity index (χ0) is 15.4. The molecule has 21 heavy (non-hydrogen) atoms. The highest BCUT2D eigenvalue weighted by Crippen LogP contribution is 2.15. The van der Waals surface area contributed by atoms with Gasteiger partial charge in [0.2, 0.25) is 5.76 Å². The second-order valence-electron chi connectivity index (χ2n) is 4.18. The third-order valence-electron chi connectivity index (χ3n) is 2.59. The standard InChI is InChI=1S/C14H11F2NO4/c1-8-4-5-20-13(8)14(19)21-7-12(18)17-11-3-2-9(15)6-10(11)16/h2-6H,7H2,1H3,(H,17,18). The van der Waals surface area contributed by atoms with Crippen molar-refractivity contribution in [2.75, 3.05) is 11.9 Å². The minimum absolute atomic E-state index is 0.00392. The first-order valence-electron chi connectivity index (χ1n) is 5.93. The smallest absolute Gasteiger partial charge is 0.375 e. The van der Waals surface area contributed by atoms with Crippen molar-refractivity contribution in [1.29, 1.82) is 0 Å². The van der Waals surface area contributed by atoms with Crippen LogP contribution in [-0.2, 0) is 9.53 Å². The Morgan fingerprint density at radius 3 is 2.67 bits per heavy atom. The van der Waals surface area contributed by atoms with E-state index in [0.717, 1.165) is 12.1 Å². The van der Waals surface area contributed by atoms with Crippen LogP contribution < -0.4 is 5.32 Å². The molecule has 0 unspecified atom stereocenters. The van der Waals surface area contributed by atoms with Gasteiger partial charge in [0.05, 0.1) is 12.0 Å². The van der Waals surface area contributed by atoms with E-state index in [1.165, 1.54) is 6.26 Å². The molecule has 0 saturated heterocycles. The van der Waals surface area contributed by atoms with E-state index in [9.17, 15) is 18.4 Å². The molecule has 2 rings (SSSR count). The number of furan rings is 1. The molecule has 0 aliphatic carbocycles. The Labute approximate surface area is 118 Å². The number of hydrogen-bond acceptors (Lipinski definition) is 4. The summed E-state index contributed by atoms with van der Waals surface area (Å²) in [6, 6.07) is 4.27. The molecule has 7 heteroatoms. The molecular weight excluding hydrogens is 284 g/mol. The van der Waals surface area contributed by atoms with Crippen LogP contribution in [-0.4, -0.2) is 18.5 Å². The molecule has 1 aromatic heterocycles. The normalized spacial score (nSPS) is 10.2. The lowest BCUT2D eigenvalue weighted by molar-refractivity contribution is -0.119. The molecule has 0 fully saturated rings. The lowest BCUT2D eigenvalue weighted by Gasteiger charge is -2.07. The minimum Gasteiger partial charge on any atom is -0.457 e. The van der Waals surface area contributed by atoms with Crippen molar-refractivity contribution in [3.63, 3.8) is 0 Å². The lowest BCUT2D eigenvalue weighted by Crippen LogP contribution is -2.21. The summed E-state index contributed by atoms with van der Waals surface area (Å²) < 4.78 is 35.6. The predicted octanol–water partition coefficient (Wildman–Crippen LogP) is 2.66. The maximum atomic E-state index is 13.3. The van der Waals surface area contributed by atoms with Crippen LogP contribution in [0.2, 0.25) is 0 Å². The number of hydrogen-bond donors (Lipinski definition) is 1. The average molecular weight is 295 g/mol. The Bertz CT molecular complexity index is 681. The molecule has 5 nitrogen and oxygen atoms in total. The third-order valence-corrected chi connectivity index (χ3v) is 2.59. The van der Waals surface area contributed by atoms with E-state index in [0.29, 0.717) is 11.6 Å². The van der Waals surface area contributed by atoms with Crippen LogP contribution in [0.25, 0.3) is 0 Å². The fourth-order valence-corrected chi connectivity index (χ4v) is 1.56. The summed E-state index contributed by atoms with van der Waals surface area (Å²) in [6.07, 6.45) is 1.32. The molecule has 0 radical (unpaired) electrons. The second kappa shape index (κ2) is 6.17. The number of esters is 1. The number of aryl methyl sites for hydroxylation is 1.